The highest BCUT2D eigenvalue weighted by Crippen LogP contribution is 2.33. The van der Waals surface area contributed by atoms with E-state index in [1.54, 1.807) is 12.1 Å². The zero-order valence-electron chi connectivity index (χ0n) is 11.1. The maximum absolute atomic E-state index is 11.2. The molecule has 0 aromatic heterocycles. The van der Waals surface area contributed by atoms with Gasteiger partial charge >= 0.3 is 5.97 Å². The molecule has 2 nitrogen and oxygen atoms in total. The first-order valence-corrected chi connectivity index (χ1v) is 7.67. The lowest BCUT2D eigenvalue weighted by molar-refractivity contribution is 0.0693. The molecule has 2 aromatic rings. The molecule has 1 aliphatic carbocycles. The van der Waals surface area contributed by atoms with Crippen molar-refractivity contribution in [3.8, 4) is 0 Å². The van der Waals surface area contributed by atoms with Gasteiger partial charge in [0.25, 0.3) is 0 Å². The van der Waals surface area contributed by atoms with E-state index in [-0.39, 0.29) is 0 Å². The van der Waals surface area contributed by atoms with Gasteiger partial charge in [0.05, 0.1) is 5.56 Å². The Bertz CT molecular complexity index is 649. The Hall–Kier alpha value is -1.74. The molecule has 0 atom stereocenters. The monoisotopic (exact) mass is 284 g/mol. The van der Waals surface area contributed by atoms with Crippen LogP contribution >= 0.6 is 11.8 Å². The summed E-state index contributed by atoms with van der Waals surface area (Å²) < 4.78 is 0. The molecule has 0 spiro atoms. The predicted molar refractivity (Wildman–Crippen MR) is 80.6 cm³/mol. The summed E-state index contributed by atoms with van der Waals surface area (Å²) >= 11 is 1.53. The third-order valence-electron chi connectivity index (χ3n) is 3.67. The molecule has 20 heavy (non-hydrogen) atoms. The molecule has 0 radical (unpaired) electrons. The van der Waals surface area contributed by atoms with E-state index in [0.29, 0.717) is 5.56 Å². The predicted octanol–water partition coefficient (Wildman–Crippen LogP) is 4.41. The molecule has 1 aliphatic rings. The Balaban J connectivity index is 1.90. The fourth-order valence-electron chi connectivity index (χ4n) is 2.63. The van der Waals surface area contributed by atoms with E-state index < -0.39 is 5.97 Å². The fourth-order valence-corrected chi connectivity index (χ4v) is 3.64. The number of hydrogen-bond donors (Lipinski definition) is 1. The third kappa shape index (κ3) is 2.73. The summed E-state index contributed by atoms with van der Waals surface area (Å²) in [5.41, 5.74) is 3.25. The first kappa shape index (κ1) is 13.3. The van der Waals surface area contributed by atoms with Crippen molar-refractivity contribution in [2.24, 2.45) is 0 Å². The maximum atomic E-state index is 11.2. The average molecular weight is 284 g/mol. The molecule has 0 unspecified atom stereocenters. The van der Waals surface area contributed by atoms with Gasteiger partial charge in [-0.15, -0.1) is 0 Å². The Morgan fingerprint density at radius 2 is 1.75 bits per heavy atom. The molecule has 2 aromatic carbocycles. The number of fused-ring (bicyclic) bond motifs is 1. The second-order valence-corrected chi connectivity index (χ2v) is 6.16. The molecule has 0 saturated carbocycles. The number of rotatable bonds is 3. The Labute approximate surface area is 122 Å². The average Bonchev–Trinajstić information content (AvgIpc) is 2.47. The van der Waals surface area contributed by atoms with Crippen molar-refractivity contribution in [1.29, 1.82) is 0 Å². The molecule has 102 valence electrons. The van der Waals surface area contributed by atoms with Crippen molar-refractivity contribution < 1.29 is 9.90 Å². The summed E-state index contributed by atoms with van der Waals surface area (Å²) in [5.74, 6) is -0.869. The van der Waals surface area contributed by atoms with Crippen LogP contribution in [0.1, 0.15) is 34.3 Å². The summed E-state index contributed by atoms with van der Waals surface area (Å²) in [4.78, 5) is 13.2. The van der Waals surface area contributed by atoms with Crippen LogP contribution in [0.2, 0.25) is 0 Å². The molecule has 0 fully saturated rings. The largest absolute Gasteiger partial charge is 0.478 e. The number of carboxylic acids is 1. The lowest BCUT2D eigenvalue weighted by atomic mass is 9.92. The highest BCUT2D eigenvalue weighted by molar-refractivity contribution is 7.99. The second kappa shape index (κ2) is 5.71. The second-order valence-electron chi connectivity index (χ2n) is 5.04. The summed E-state index contributed by atoms with van der Waals surface area (Å²) in [7, 11) is 0. The molecule has 1 N–H and O–H groups in total. The number of aromatic carboxylic acids is 1. The Morgan fingerprint density at radius 3 is 2.55 bits per heavy atom. The molecule has 0 amide bonds. The highest BCUT2D eigenvalue weighted by Gasteiger charge is 2.13. The number of carboxylic acid groups (broad SMARTS) is 1. The fraction of sp³-hybridized carbons (Fsp3) is 0.235. The van der Waals surface area contributed by atoms with Crippen LogP contribution < -0.4 is 0 Å². The first-order chi connectivity index (χ1) is 9.74. The van der Waals surface area contributed by atoms with Crippen LogP contribution in [0.5, 0.6) is 0 Å². The van der Waals surface area contributed by atoms with E-state index in [9.17, 15) is 9.90 Å². The van der Waals surface area contributed by atoms with Gasteiger partial charge in [0, 0.05) is 9.79 Å². The zero-order valence-corrected chi connectivity index (χ0v) is 12.0. The van der Waals surface area contributed by atoms with Gasteiger partial charge in [0.1, 0.15) is 0 Å². The van der Waals surface area contributed by atoms with Gasteiger partial charge in [-0.2, -0.15) is 0 Å². The normalized spacial score (nSPS) is 13.8. The minimum Gasteiger partial charge on any atom is -0.478 e. The molecule has 0 saturated heterocycles. The number of benzene rings is 2. The topological polar surface area (TPSA) is 37.3 Å². The molecule has 3 heteroatoms. The van der Waals surface area contributed by atoms with Crippen molar-refractivity contribution in [2.75, 3.05) is 0 Å². The van der Waals surface area contributed by atoms with Gasteiger partial charge < -0.3 is 5.11 Å². The van der Waals surface area contributed by atoms with E-state index >= 15 is 0 Å². The number of aryl methyl sites for hydroxylation is 2. The Kier molecular flexibility index (Phi) is 3.79. The maximum Gasteiger partial charge on any atom is 0.336 e. The summed E-state index contributed by atoms with van der Waals surface area (Å²) in [6, 6.07) is 13.7. The molecule has 0 bridgehead atoms. The van der Waals surface area contributed by atoms with E-state index in [2.05, 4.69) is 18.2 Å². The van der Waals surface area contributed by atoms with Crippen LogP contribution in [0.25, 0.3) is 0 Å². The molecule has 3 rings (SSSR count). The summed E-state index contributed by atoms with van der Waals surface area (Å²) in [6.07, 6.45) is 4.85. The van der Waals surface area contributed by atoms with Gasteiger partial charge in [0.2, 0.25) is 0 Å². The molecular weight excluding hydrogens is 268 g/mol. The van der Waals surface area contributed by atoms with Gasteiger partial charge in [-0.05, 0) is 61.1 Å². The molecular formula is C17H16O2S. The highest BCUT2D eigenvalue weighted by atomic mass is 32.2. The SMILES string of the molecule is O=C(O)c1ccccc1Sc1ccc2c(c1)CCCC2. The van der Waals surface area contributed by atoms with E-state index in [0.717, 1.165) is 16.2 Å². The van der Waals surface area contributed by atoms with Gasteiger partial charge in [-0.1, -0.05) is 30.0 Å². The van der Waals surface area contributed by atoms with Crippen molar-refractivity contribution in [3.63, 3.8) is 0 Å². The van der Waals surface area contributed by atoms with Crippen LogP contribution in [0, 0.1) is 0 Å². The minimum atomic E-state index is -0.869. The van der Waals surface area contributed by atoms with Crippen LogP contribution in [0.4, 0.5) is 0 Å². The van der Waals surface area contributed by atoms with Crippen molar-refractivity contribution in [3.05, 3.63) is 59.2 Å². The van der Waals surface area contributed by atoms with Crippen LogP contribution in [0.15, 0.2) is 52.3 Å². The quantitative estimate of drug-likeness (QED) is 0.906. The van der Waals surface area contributed by atoms with Crippen molar-refractivity contribution >= 4 is 17.7 Å². The smallest absolute Gasteiger partial charge is 0.336 e. The van der Waals surface area contributed by atoms with E-state index in [4.69, 9.17) is 0 Å². The minimum absolute atomic E-state index is 0.371. The van der Waals surface area contributed by atoms with Crippen LogP contribution in [-0.2, 0) is 12.8 Å². The summed E-state index contributed by atoms with van der Waals surface area (Å²) in [5, 5.41) is 9.22. The zero-order chi connectivity index (χ0) is 13.9. The van der Waals surface area contributed by atoms with Gasteiger partial charge in [0.15, 0.2) is 0 Å². The third-order valence-corrected chi connectivity index (χ3v) is 4.73. The lowest BCUT2D eigenvalue weighted by Gasteiger charge is -2.16. The number of carbonyl (C=O) groups is 1. The molecule has 0 aliphatic heterocycles. The Morgan fingerprint density at radius 1 is 1.00 bits per heavy atom. The standard InChI is InChI=1S/C17H16O2S/c18-17(19)15-7-3-4-8-16(15)20-14-10-9-12-5-1-2-6-13(12)11-14/h3-4,7-11H,1-2,5-6H2,(H,18,19). The molecule has 0 heterocycles. The van der Waals surface area contributed by atoms with Gasteiger partial charge in [-0.25, -0.2) is 4.79 Å². The van der Waals surface area contributed by atoms with Crippen LogP contribution in [-0.4, -0.2) is 11.1 Å². The van der Waals surface area contributed by atoms with Crippen LogP contribution in [0.3, 0.4) is 0 Å². The first-order valence-electron chi connectivity index (χ1n) is 6.86. The van der Waals surface area contributed by atoms with Crippen molar-refractivity contribution in [1.82, 2.24) is 0 Å². The van der Waals surface area contributed by atoms with E-state index in [1.807, 2.05) is 12.1 Å². The lowest BCUT2D eigenvalue weighted by Crippen LogP contribution is -2.02. The van der Waals surface area contributed by atoms with E-state index in [1.165, 1.54) is 42.2 Å². The summed E-state index contributed by atoms with van der Waals surface area (Å²) in [6.45, 7) is 0. The van der Waals surface area contributed by atoms with Gasteiger partial charge in [-0.3, -0.25) is 0 Å². The number of hydrogen-bond acceptors (Lipinski definition) is 2. The van der Waals surface area contributed by atoms with Crippen molar-refractivity contribution in [2.45, 2.75) is 35.5 Å².